The number of fused-ring (bicyclic) bond motifs is 1. The Bertz CT molecular complexity index is 838. The van der Waals surface area contributed by atoms with Crippen molar-refractivity contribution >= 4 is 45.2 Å². The van der Waals surface area contributed by atoms with E-state index >= 15 is 0 Å². The van der Waals surface area contributed by atoms with E-state index in [-0.39, 0.29) is 6.03 Å². The van der Waals surface area contributed by atoms with Crippen LogP contribution in [0.1, 0.15) is 25.5 Å². The highest BCUT2D eigenvalue weighted by atomic mass is 127. The van der Waals surface area contributed by atoms with E-state index in [9.17, 15) is 4.79 Å². The van der Waals surface area contributed by atoms with Crippen LogP contribution in [-0.4, -0.2) is 10.6 Å². The Hall–Kier alpha value is -1.82. The summed E-state index contributed by atoms with van der Waals surface area (Å²) in [6.45, 7) is 2.17. The minimum absolute atomic E-state index is 0.0959. The van der Waals surface area contributed by atoms with Gasteiger partial charge >= 0.3 is 6.03 Å². The summed E-state index contributed by atoms with van der Waals surface area (Å²) in [5.41, 5.74) is 2.87. The summed E-state index contributed by atoms with van der Waals surface area (Å²) in [6.07, 6.45) is 3.09. The molecule has 0 radical (unpaired) electrons. The first-order chi connectivity index (χ1) is 11.2. The second-order valence-corrected chi connectivity index (χ2v) is 6.71. The van der Waals surface area contributed by atoms with Gasteiger partial charge in [0.2, 0.25) is 0 Å². The molecule has 1 heterocycles. The predicted molar refractivity (Wildman–Crippen MR) is 104 cm³/mol. The zero-order valence-electron chi connectivity index (χ0n) is 13.1. The maximum absolute atomic E-state index is 12.9. The predicted octanol–water partition coefficient (Wildman–Crippen LogP) is 5.67. The maximum atomic E-state index is 12.9. The Morgan fingerprint density at radius 3 is 2.65 bits per heavy atom. The van der Waals surface area contributed by atoms with Crippen LogP contribution in [0.15, 0.2) is 54.6 Å². The number of rotatable bonds is 4. The highest BCUT2D eigenvalue weighted by molar-refractivity contribution is 14.1. The highest BCUT2D eigenvalue weighted by Crippen LogP contribution is 2.23. The van der Waals surface area contributed by atoms with E-state index < -0.39 is 0 Å². The number of amides is 1. The first-order valence-electron chi connectivity index (χ1n) is 7.86. The molecule has 3 nitrogen and oxygen atoms in total. The minimum atomic E-state index is -0.0959. The molecule has 4 heteroatoms. The number of para-hydroxylation sites is 2. The normalized spacial score (nSPS) is 10.9. The monoisotopic (exact) mass is 418 g/mol. The third-order valence-corrected chi connectivity index (χ3v) is 4.83. The number of anilines is 1. The van der Waals surface area contributed by atoms with Crippen LogP contribution < -0.4 is 5.32 Å². The fourth-order valence-electron chi connectivity index (χ4n) is 2.73. The van der Waals surface area contributed by atoms with E-state index in [0.717, 1.165) is 45.1 Å². The zero-order chi connectivity index (χ0) is 16.2. The van der Waals surface area contributed by atoms with Gasteiger partial charge in [-0.15, -0.1) is 0 Å². The van der Waals surface area contributed by atoms with Crippen LogP contribution >= 0.6 is 22.6 Å². The summed E-state index contributed by atoms with van der Waals surface area (Å²) in [7, 11) is 0. The second kappa shape index (κ2) is 7.17. The number of carbonyl (C=O) groups is 1. The number of hydrogen-bond donors (Lipinski definition) is 1. The Morgan fingerprint density at radius 2 is 1.87 bits per heavy atom. The molecule has 0 aliphatic rings. The van der Waals surface area contributed by atoms with Gasteiger partial charge < -0.3 is 5.32 Å². The SMILES string of the molecule is CCCCc1cc2ccccc2n1C(=O)Nc1ccccc1I. The second-order valence-electron chi connectivity index (χ2n) is 5.54. The molecule has 1 N–H and O–H groups in total. The van der Waals surface area contributed by atoms with Gasteiger partial charge in [-0.3, -0.25) is 4.57 Å². The number of halogens is 1. The molecule has 0 bridgehead atoms. The molecule has 1 aromatic heterocycles. The summed E-state index contributed by atoms with van der Waals surface area (Å²) >= 11 is 2.24. The topological polar surface area (TPSA) is 34.0 Å². The van der Waals surface area contributed by atoms with Gasteiger partial charge in [0, 0.05) is 14.7 Å². The fraction of sp³-hybridized carbons (Fsp3) is 0.211. The summed E-state index contributed by atoms with van der Waals surface area (Å²) in [4.78, 5) is 12.9. The van der Waals surface area contributed by atoms with Gasteiger partial charge in [0.1, 0.15) is 0 Å². The Balaban J connectivity index is 1.99. The lowest BCUT2D eigenvalue weighted by Crippen LogP contribution is -2.21. The number of unbranched alkanes of at least 4 members (excludes halogenated alkanes) is 1. The highest BCUT2D eigenvalue weighted by Gasteiger charge is 2.15. The van der Waals surface area contributed by atoms with Crippen LogP contribution in [0, 0.1) is 3.57 Å². The van der Waals surface area contributed by atoms with Crippen molar-refractivity contribution < 1.29 is 4.79 Å². The molecule has 3 rings (SSSR count). The van der Waals surface area contributed by atoms with Crippen molar-refractivity contribution in [2.24, 2.45) is 0 Å². The lowest BCUT2D eigenvalue weighted by molar-refractivity contribution is 0.253. The summed E-state index contributed by atoms with van der Waals surface area (Å²) in [5.74, 6) is 0. The first kappa shape index (κ1) is 16.1. The number of benzene rings is 2. The summed E-state index contributed by atoms with van der Waals surface area (Å²) in [6, 6.07) is 17.9. The minimum Gasteiger partial charge on any atom is -0.306 e. The lowest BCUT2D eigenvalue weighted by atomic mass is 10.2. The van der Waals surface area contributed by atoms with E-state index in [1.807, 2.05) is 47.0 Å². The van der Waals surface area contributed by atoms with E-state index in [4.69, 9.17) is 0 Å². The van der Waals surface area contributed by atoms with Crippen molar-refractivity contribution in [3.63, 3.8) is 0 Å². The summed E-state index contributed by atoms with van der Waals surface area (Å²) in [5, 5.41) is 4.15. The summed E-state index contributed by atoms with van der Waals surface area (Å²) < 4.78 is 2.85. The van der Waals surface area contributed by atoms with Gasteiger partial charge in [0.25, 0.3) is 0 Å². The molecule has 2 aromatic carbocycles. The van der Waals surface area contributed by atoms with Gasteiger partial charge in [-0.05, 0) is 59.7 Å². The molecule has 0 saturated carbocycles. The molecule has 1 amide bonds. The Kier molecular flexibility index (Phi) is 5.00. The molecule has 0 aliphatic heterocycles. The number of carbonyl (C=O) groups excluding carboxylic acids is 1. The molecule has 0 spiro atoms. The van der Waals surface area contributed by atoms with Gasteiger partial charge in [0.05, 0.1) is 11.2 Å². The fourth-order valence-corrected chi connectivity index (χ4v) is 3.25. The van der Waals surface area contributed by atoms with Crippen LogP contribution in [-0.2, 0) is 6.42 Å². The molecule has 23 heavy (non-hydrogen) atoms. The van der Waals surface area contributed by atoms with Crippen molar-refractivity contribution in [3.05, 3.63) is 63.9 Å². The smallest absolute Gasteiger partial charge is 0.306 e. The van der Waals surface area contributed by atoms with Crippen molar-refractivity contribution in [3.8, 4) is 0 Å². The third kappa shape index (κ3) is 3.42. The van der Waals surface area contributed by atoms with Crippen LogP contribution in [0.2, 0.25) is 0 Å². The molecule has 3 aromatic rings. The van der Waals surface area contributed by atoms with Gasteiger partial charge in [-0.2, -0.15) is 0 Å². The average Bonchev–Trinajstić information content (AvgIpc) is 2.93. The van der Waals surface area contributed by atoms with Gasteiger partial charge in [0.15, 0.2) is 0 Å². The van der Waals surface area contributed by atoms with E-state index in [1.165, 1.54) is 0 Å². The van der Waals surface area contributed by atoms with Crippen molar-refractivity contribution in [2.45, 2.75) is 26.2 Å². The maximum Gasteiger partial charge on any atom is 0.330 e. The largest absolute Gasteiger partial charge is 0.330 e. The van der Waals surface area contributed by atoms with Crippen LogP contribution in [0.4, 0.5) is 10.5 Å². The molecule has 0 aliphatic carbocycles. The van der Waals surface area contributed by atoms with Crippen molar-refractivity contribution in [2.75, 3.05) is 5.32 Å². The number of aryl methyl sites for hydroxylation is 1. The standard InChI is InChI=1S/C19H19IN2O/c1-2-3-9-15-13-14-8-4-7-12-18(14)22(15)19(23)21-17-11-6-5-10-16(17)20/h4-8,10-13H,2-3,9H2,1H3,(H,21,23). The zero-order valence-corrected chi connectivity index (χ0v) is 15.2. The molecule has 118 valence electrons. The van der Waals surface area contributed by atoms with Gasteiger partial charge in [-0.25, -0.2) is 4.79 Å². The molecule has 0 fully saturated rings. The third-order valence-electron chi connectivity index (χ3n) is 3.89. The molecule has 0 saturated heterocycles. The average molecular weight is 418 g/mol. The van der Waals surface area contributed by atoms with Crippen molar-refractivity contribution in [1.82, 2.24) is 4.57 Å². The quantitative estimate of drug-likeness (QED) is 0.545. The molecular formula is C19H19IN2O. The number of nitrogens with zero attached hydrogens (tertiary/aromatic N) is 1. The van der Waals surface area contributed by atoms with E-state index in [2.05, 4.69) is 47.0 Å². The molecular weight excluding hydrogens is 399 g/mol. The van der Waals surface area contributed by atoms with Crippen LogP contribution in [0.5, 0.6) is 0 Å². The van der Waals surface area contributed by atoms with Crippen LogP contribution in [0.25, 0.3) is 10.9 Å². The molecule has 0 atom stereocenters. The number of aromatic nitrogens is 1. The van der Waals surface area contributed by atoms with Crippen molar-refractivity contribution in [1.29, 1.82) is 0 Å². The molecule has 0 unspecified atom stereocenters. The first-order valence-corrected chi connectivity index (χ1v) is 8.94. The van der Waals surface area contributed by atoms with E-state index in [1.54, 1.807) is 0 Å². The lowest BCUT2D eigenvalue weighted by Gasteiger charge is -2.12. The number of nitrogens with one attached hydrogen (secondary N) is 1. The van der Waals surface area contributed by atoms with Gasteiger partial charge in [-0.1, -0.05) is 43.7 Å². The van der Waals surface area contributed by atoms with Crippen LogP contribution in [0.3, 0.4) is 0 Å². The number of hydrogen-bond acceptors (Lipinski definition) is 1. The Morgan fingerprint density at radius 1 is 1.13 bits per heavy atom. The van der Waals surface area contributed by atoms with E-state index in [0.29, 0.717) is 0 Å². The Labute approximate surface area is 149 Å².